The number of rotatable bonds is 3. The molecule has 1 heterocycles. The van der Waals surface area contributed by atoms with Crippen molar-refractivity contribution in [2.75, 3.05) is 7.11 Å². The summed E-state index contributed by atoms with van der Waals surface area (Å²) < 4.78 is 4.89. The van der Waals surface area contributed by atoms with Crippen LogP contribution in [0.15, 0.2) is 0 Å². The highest BCUT2D eigenvalue weighted by Gasteiger charge is 2.13. The number of hydrazine groups is 1. The van der Waals surface area contributed by atoms with Crippen molar-refractivity contribution >= 4 is 17.2 Å². The predicted octanol–water partition coefficient (Wildman–Crippen LogP) is 0.201. The van der Waals surface area contributed by atoms with E-state index in [1.54, 1.807) is 14.0 Å². The van der Waals surface area contributed by atoms with Gasteiger partial charge in [0.15, 0.2) is 0 Å². The smallest absolute Gasteiger partial charge is 0.277 e. The quantitative estimate of drug-likeness (QED) is 0.416. The molecule has 0 spiro atoms. The highest BCUT2D eigenvalue weighted by molar-refractivity contribution is 7.13. The Kier molecular flexibility index (Phi) is 3.35. The Bertz CT molecular complexity index is 311. The van der Waals surface area contributed by atoms with Gasteiger partial charge in [-0.05, 0) is 6.92 Å². The summed E-state index contributed by atoms with van der Waals surface area (Å²) in [7, 11) is 1.58. The Morgan fingerprint density at radius 2 is 2.46 bits per heavy atom. The second-order valence-electron chi connectivity index (χ2n) is 2.43. The third-order valence-electron chi connectivity index (χ3n) is 1.45. The number of amides is 1. The maximum absolute atomic E-state index is 11.1. The van der Waals surface area contributed by atoms with Gasteiger partial charge in [0.1, 0.15) is 9.88 Å². The molecule has 0 aliphatic carbocycles. The van der Waals surface area contributed by atoms with Gasteiger partial charge in [-0.3, -0.25) is 10.2 Å². The topological polar surface area (TPSA) is 77.2 Å². The van der Waals surface area contributed by atoms with Gasteiger partial charge in [-0.1, -0.05) is 0 Å². The van der Waals surface area contributed by atoms with Crippen LogP contribution in [0.3, 0.4) is 0 Å². The summed E-state index contributed by atoms with van der Waals surface area (Å²) in [6, 6.07) is 0. The summed E-state index contributed by atoms with van der Waals surface area (Å²) in [4.78, 5) is 15.8. The fourth-order valence-electron chi connectivity index (χ4n) is 0.914. The number of aromatic nitrogens is 1. The number of thiazole rings is 1. The van der Waals surface area contributed by atoms with Gasteiger partial charge in [0.05, 0.1) is 12.3 Å². The SMILES string of the molecule is COCc1nc(C)c(C(=O)NN)s1. The van der Waals surface area contributed by atoms with E-state index in [0.717, 1.165) is 5.01 Å². The van der Waals surface area contributed by atoms with E-state index in [4.69, 9.17) is 10.6 Å². The minimum absolute atomic E-state index is 0.308. The van der Waals surface area contributed by atoms with Crippen LogP contribution >= 0.6 is 11.3 Å². The molecular formula is C7H11N3O2S. The minimum Gasteiger partial charge on any atom is -0.378 e. The van der Waals surface area contributed by atoms with E-state index in [1.807, 2.05) is 0 Å². The Balaban J connectivity index is 2.89. The number of hydrogen-bond acceptors (Lipinski definition) is 5. The number of methoxy groups -OCH3 is 1. The molecule has 13 heavy (non-hydrogen) atoms. The van der Waals surface area contributed by atoms with Crippen molar-refractivity contribution in [1.82, 2.24) is 10.4 Å². The summed E-state index contributed by atoms with van der Waals surface area (Å²) in [5.41, 5.74) is 2.75. The van der Waals surface area contributed by atoms with Crippen molar-refractivity contribution in [2.24, 2.45) is 5.84 Å². The number of nitrogens with one attached hydrogen (secondary N) is 1. The number of nitrogens with zero attached hydrogens (tertiary/aromatic N) is 1. The van der Waals surface area contributed by atoms with Crippen LogP contribution in [0.5, 0.6) is 0 Å². The highest BCUT2D eigenvalue weighted by atomic mass is 32.1. The molecule has 0 unspecified atom stereocenters. The van der Waals surface area contributed by atoms with Gasteiger partial charge < -0.3 is 4.74 Å². The molecule has 1 aromatic rings. The fourth-order valence-corrected chi connectivity index (χ4v) is 1.85. The second-order valence-corrected chi connectivity index (χ2v) is 3.51. The lowest BCUT2D eigenvalue weighted by Gasteiger charge is -1.93. The molecule has 6 heteroatoms. The Morgan fingerprint density at radius 1 is 1.77 bits per heavy atom. The molecule has 0 radical (unpaired) electrons. The summed E-state index contributed by atoms with van der Waals surface area (Å²) in [6.45, 7) is 2.18. The van der Waals surface area contributed by atoms with Crippen LogP contribution in [0.4, 0.5) is 0 Å². The molecule has 1 aromatic heterocycles. The van der Waals surface area contributed by atoms with Crippen LogP contribution in [0, 0.1) is 6.92 Å². The molecule has 1 rings (SSSR count). The number of carbonyl (C=O) groups is 1. The average Bonchev–Trinajstić information content (AvgIpc) is 2.46. The van der Waals surface area contributed by atoms with E-state index in [9.17, 15) is 4.79 Å². The zero-order chi connectivity index (χ0) is 9.84. The molecule has 1 amide bonds. The van der Waals surface area contributed by atoms with Crippen molar-refractivity contribution in [2.45, 2.75) is 13.5 Å². The molecule has 3 N–H and O–H groups in total. The van der Waals surface area contributed by atoms with Crippen LogP contribution in [0.25, 0.3) is 0 Å². The van der Waals surface area contributed by atoms with E-state index in [-0.39, 0.29) is 5.91 Å². The Labute approximate surface area is 79.9 Å². The van der Waals surface area contributed by atoms with Crippen molar-refractivity contribution in [3.8, 4) is 0 Å². The molecule has 0 aliphatic heterocycles. The normalized spacial score (nSPS) is 10.1. The van der Waals surface area contributed by atoms with E-state index < -0.39 is 0 Å². The molecule has 0 saturated heterocycles. The lowest BCUT2D eigenvalue weighted by Crippen LogP contribution is -2.29. The first-order chi connectivity index (χ1) is 6.19. The molecule has 72 valence electrons. The summed E-state index contributed by atoms with van der Waals surface area (Å²) in [6.07, 6.45) is 0. The van der Waals surface area contributed by atoms with Crippen molar-refractivity contribution < 1.29 is 9.53 Å². The Morgan fingerprint density at radius 3 is 3.00 bits per heavy atom. The van der Waals surface area contributed by atoms with Crippen LogP contribution in [-0.4, -0.2) is 18.0 Å². The number of ether oxygens (including phenoxy) is 1. The minimum atomic E-state index is -0.308. The van der Waals surface area contributed by atoms with Gasteiger partial charge in [0.25, 0.3) is 5.91 Å². The summed E-state index contributed by atoms with van der Waals surface area (Å²) in [5.74, 6) is 4.70. The third kappa shape index (κ3) is 2.24. The predicted molar refractivity (Wildman–Crippen MR) is 49.2 cm³/mol. The second kappa shape index (κ2) is 4.31. The molecule has 0 aromatic carbocycles. The van der Waals surface area contributed by atoms with Gasteiger partial charge in [-0.2, -0.15) is 0 Å². The molecular weight excluding hydrogens is 190 g/mol. The van der Waals surface area contributed by atoms with Crippen LogP contribution in [-0.2, 0) is 11.3 Å². The average molecular weight is 201 g/mol. The molecule has 5 nitrogen and oxygen atoms in total. The Hall–Kier alpha value is -0.980. The first-order valence-electron chi connectivity index (χ1n) is 3.65. The lowest BCUT2D eigenvalue weighted by molar-refractivity contribution is 0.0957. The number of nitrogens with two attached hydrogens (primary N) is 1. The third-order valence-corrected chi connectivity index (χ3v) is 2.58. The van der Waals surface area contributed by atoms with E-state index in [0.29, 0.717) is 17.2 Å². The maximum atomic E-state index is 11.1. The van der Waals surface area contributed by atoms with Crippen molar-refractivity contribution in [3.63, 3.8) is 0 Å². The maximum Gasteiger partial charge on any atom is 0.277 e. The largest absolute Gasteiger partial charge is 0.378 e. The lowest BCUT2D eigenvalue weighted by atomic mass is 10.4. The summed E-state index contributed by atoms with van der Waals surface area (Å²) >= 11 is 1.29. The molecule has 0 bridgehead atoms. The van der Waals surface area contributed by atoms with Gasteiger partial charge in [-0.25, -0.2) is 10.8 Å². The molecule has 0 saturated carbocycles. The van der Waals surface area contributed by atoms with Crippen molar-refractivity contribution in [1.29, 1.82) is 0 Å². The molecule has 0 atom stereocenters. The highest BCUT2D eigenvalue weighted by Crippen LogP contribution is 2.18. The van der Waals surface area contributed by atoms with E-state index >= 15 is 0 Å². The molecule has 0 fully saturated rings. The van der Waals surface area contributed by atoms with Gasteiger partial charge in [-0.15, -0.1) is 11.3 Å². The van der Waals surface area contributed by atoms with E-state index in [1.165, 1.54) is 11.3 Å². The standard InChI is InChI=1S/C7H11N3O2S/c1-4-6(7(11)10-8)13-5(9-4)3-12-2/h3,8H2,1-2H3,(H,10,11). The molecule has 0 aliphatic rings. The summed E-state index contributed by atoms with van der Waals surface area (Å²) in [5, 5.41) is 0.776. The zero-order valence-corrected chi connectivity index (χ0v) is 8.27. The number of aryl methyl sites for hydroxylation is 1. The number of hydrogen-bond donors (Lipinski definition) is 2. The van der Waals surface area contributed by atoms with Gasteiger partial charge >= 0.3 is 0 Å². The monoisotopic (exact) mass is 201 g/mol. The number of nitrogen functional groups attached to an aromatic ring is 1. The zero-order valence-electron chi connectivity index (χ0n) is 7.46. The van der Waals surface area contributed by atoms with Gasteiger partial charge in [0.2, 0.25) is 0 Å². The first-order valence-corrected chi connectivity index (χ1v) is 4.47. The fraction of sp³-hybridized carbons (Fsp3) is 0.429. The van der Waals surface area contributed by atoms with E-state index in [2.05, 4.69) is 10.4 Å². The van der Waals surface area contributed by atoms with Crippen molar-refractivity contribution in [3.05, 3.63) is 15.6 Å². The van der Waals surface area contributed by atoms with Crippen LogP contribution in [0.2, 0.25) is 0 Å². The van der Waals surface area contributed by atoms with Gasteiger partial charge in [0, 0.05) is 7.11 Å². The number of carbonyl (C=O) groups excluding carboxylic acids is 1. The van der Waals surface area contributed by atoms with Crippen LogP contribution in [0.1, 0.15) is 20.4 Å². The first kappa shape index (κ1) is 10.1. The van der Waals surface area contributed by atoms with Crippen LogP contribution < -0.4 is 11.3 Å².